The normalized spacial score (nSPS) is 14.0. The predicted molar refractivity (Wildman–Crippen MR) is 276 cm³/mol. The lowest BCUT2D eigenvalue weighted by molar-refractivity contribution is 0.486. The van der Waals surface area contributed by atoms with E-state index in [2.05, 4.69) is 232 Å². The Morgan fingerprint density at radius 2 is 1.08 bits per heavy atom. The van der Waals surface area contributed by atoms with Gasteiger partial charge in [-0.25, -0.2) is 0 Å². The van der Waals surface area contributed by atoms with Crippen LogP contribution in [0.15, 0.2) is 140 Å². The van der Waals surface area contributed by atoms with E-state index in [-0.39, 0.29) is 28.4 Å². The average Bonchev–Trinajstić information content (AvgIpc) is 3.54. The first-order valence-corrected chi connectivity index (χ1v) is 23.0. The van der Waals surface area contributed by atoms with Crippen molar-refractivity contribution in [2.45, 2.75) is 105 Å². The largest absolute Gasteiger partial charge is 0.458 e. The van der Waals surface area contributed by atoms with Gasteiger partial charge in [0.15, 0.2) is 0 Å². The molecule has 0 atom stereocenters. The van der Waals surface area contributed by atoms with Crippen molar-refractivity contribution in [3.8, 4) is 11.5 Å². The van der Waals surface area contributed by atoms with Gasteiger partial charge in [-0.15, -0.1) is 0 Å². The van der Waals surface area contributed by atoms with Crippen LogP contribution in [0.5, 0.6) is 11.5 Å². The second-order valence-corrected chi connectivity index (χ2v) is 22.4. The summed E-state index contributed by atoms with van der Waals surface area (Å²) < 4.78 is 18.6. The number of rotatable bonds is 4. The number of hydrogen-bond donors (Lipinski definition) is 0. The summed E-state index contributed by atoms with van der Waals surface area (Å²) in [7, 11) is 2.22. The second-order valence-electron chi connectivity index (χ2n) is 22.4. The van der Waals surface area contributed by atoms with Gasteiger partial charge in [0.05, 0.1) is 18.3 Å². The number of benzene rings is 7. The van der Waals surface area contributed by atoms with E-state index in [0.29, 0.717) is 6.04 Å². The second kappa shape index (κ2) is 14.4. The average molecular weight is 841 g/mol. The lowest BCUT2D eigenvalue weighted by Gasteiger charge is -2.41. The summed E-state index contributed by atoms with van der Waals surface area (Å²) in [4.78, 5) is 4.92. The molecule has 0 N–H and O–H groups in total. The van der Waals surface area contributed by atoms with Gasteiger partial charge in [0.1, 0.15) is 11.5 Å². The molecule has 2 aliphatic heterocycles. The van der Waals surface area contributed by atoms with Crippen molar-refractivity contribution < 1.29 is 6.11 Å². The minimum atomic E-state index is -0.178. The zero-order valence-corrected chi connectivity index (χ0v) is 40.0. The van der Waals surface area contributed by atoms with Crippen LogP contribution in [-0.2, 0) is 28.7 Å². The highest BCUT2D eigenvalue weighted by molar-refractivity contribution is 6.99. The fourth-order valence-corrected chi connectivity index (χ4v) is 10.1. The van der Waals surface area contributed by atoms with Crippen LogP contribution in [0.2, 0.25) is 0 Å². The van der Waals surface area contributed by atoms with Crippen molar-refractivity contribution in [1.29, 1.82) is 0 Å². The van der Waals surface area contributed by atoms with Crippen LogP contribution in [0.3, 0.4) is 0 Å². The SMILES string of the molecule is [2H]c1cc2c3c(c1)N(c1ccc(C(C)(C)C)cc1)c1c(cc(N(c4ccc(C(C)(C)C)cc4)c4ccc(C(C)(C)C)cc4)c4c1c1ccccc1n4C)B3c1cc(C(C)(C)C)ccc1O2. The van der Waals surface area contributed by atoms with Gasteiger partial charge in [-0.05, 0) is 127 Å². The van der Waals surface area contributed by atoms with E-state index in [9.17, 15) is 1.37 Å². The minimum Gasteiger partial charge on any atom is -0.458 e. The monoisotopic (exact) mass is 841 g/mol. The molecule has 0 radical (unpaired) electrons. The molecule has 0 aliphatic carbocycles. The van der Waals surface area contributed by atoms with Crippen molar-refractivity contribution in [3.63, 3.8) is 0 Å². The van der Waals surface area contributed by atoms with Crippen molar-refractivity contribution in [3.05, 3.63) is 162 Å². The summed E-state index contributed by atoms with van der Waals surface area (Å²) in [6.07, 6.45) is 0. The third-order valence-corrected chi connectivity index (χ3v) is 13.8. The molecule has 2 aliphatic rings. The molecule has 1 aromatic heterocycles. The maximum atomic E-state index is 9.29. The Hall–Kier alpha value is -6.20. The number of ether oxygens (including phenoxy) is 1. The van der Waals surface area contributed by atoms with Crippen LogP contribution in [0.4, 0.5) is 34.1 Å². The molecule has 0 saturated carbocycles. The summed E-state index contributed by atoms with van der Waals surface area (Å²) in [6, 6.07) is 50.0. The summed E-state index contributed by atoms with van der Waals surface area (Å²) in [5.41, 5.74) is 17.3. The molecule has 64 heavy (non-hydrogen) atoms. The molecule has 0 bridgehead atoms. The van der Waals surface area contributed by atoms with Gasteiger partial charge < -0.3 is 19.1 Å². The number of anilines is 6. The number of nitrogens with zero attached hydrogens (tertiary/aromatic N) is 3. The molecule has 0 spiro atoms. The molecule has 7 aromatic carbocycles. The van der Waals surface area contributed by atoms with Gasteiger partial charge in [-0.3, -0.25) is 0 Å². The van der Waals surface area contributed by atoms with Crippen LogP contribution in [-0.4, -0.2) is 11.3 Å². The number of hydrogen-bond acceptors (Lipinski definition) is 3. The van der Waals surface area contributed by atoms with Crippen molar-refractivity contribution in [2.24, 2.45) is 7.05 Å². The summed E-state index contributed by atoms with van der Waals surface area (Å²) in [5, 5.41) is 2.37. The van der Waals surface area contributed by atoms with Crippen LogP contribution in [0.25, 0.3) is 21.8 Å². The molecule has 322 valence electrons. The number of para-hydroxylation sites is 1. The smallest absolute Gasteiger partial charge is 0.256 e. The van der Waals surface area contributed by atoms with Crippen molar-refractivity contribution >= 4 is 79.0 Å². The Morgan fingerprint density at radius 1 is 0.547 bits per heavy atom. The highest BCUT2D eigenvalue weighted by atomic mass is 16.5. The third-order valence-electron chi connectivity index (χ3n) is 13.8. The highest BCUT2D eigenvalue weighted by Gasteiger charge is 2.44. The van der Waals surface area contributed by atoms with E-state index in [1.165, 1.54) is 38.5 Å². The van der Waals surface area contributed by atoms with E-state index < -0.39 is 0 Å². The van der Waals surface area contributed by atoms with Gasteiger partial charge in [-0.1, -0.05) is 156 Å². The summed E-state index contributed by atoms with van der Waals surface area (Å²) >= 11 is 0. The number of aryl methyl sites for hydroxylation is 1. The molecule has 5 heteroatoms. The Kier molecular flexibility index (Phi) is 9.13. The fourth-order valence-electron chi connectivity index (χ4n) is 10.1. The lowest BCUT2D eigenvalue weighted by Crippen LogP contribution is -2.59. The first-order valence-electron chi connectivity index (χ1n) is 23.5. The van der Waals surface area contributed by atoms with E-state index in [4.69, 9.17) is 4.74 Å². The molecular formula is C59H62BN3O. The van der Waals surface area contributed by atoms with Gasteiger partial charge in [0, 0.05) is 46.1 Å². The zero-order chi connectivity index (χ0) is 46.1. The Labute approximate surface area is 383 Å². The molecule has 0 amide bonds. The van der Waals surface area contributed by atoms with Crippen LogP contribution in [0, 0.1) is 0 Å². The zero-order valence-electron chi connectivity index (χ0n) is 41.0. The standard InChI is InChI=1S/C59H62BN3O/c1-56(2,3)37-21-28-41(29-22-37)62(42-30-23-38(24-31-42)57(4,5)6)49-36-46-54(52-44-17-14-15-18-47(44)61(13)55(49)52)63(43-32-25-39(26-33-43)58(7,8)9)48-19-16-20-51-53(48)60(46)45-35-40(59(10,11)12)27-34-50(45)64-51/h14-36H,1-13H3/i16D. The first kappa shape index (κ1) is 40.6. The molecule has 3 heterocycles. The molecule has 10 rings (SSSR count). The Morgan fingerprint density at radius 3 is 1.64 bits per heavy atom. The van der Waals surface area contributed by atoms with E-state index in [1.807, 2.05) is 6.07 Å². The maximum Gasteiger partial charge on any atom is 0.256 e. The number of fused-ring (bicyclic) bond motifs is 8. The van der Waals surface area contributed by atoms with Gasteiger partial charge in [0.25, 0.3) is 6.71 Å². The van der Waals surface area contributed by atoms with Gasteiger partial charge in [-0.2, -0.15) is 0 Å². The Balaban J connectivity index is 1.37. The molecule has 4 nitrogen and oxygen atoms in total. The molecule has 0 saturated heterocycles. The van der Waals surface area contributed by atoms with Gasteiger partial charge in [0.2, 0.25) is 0 Å². The minimum absolute atomic E-state index is 0.00749. The van der Waals surface area contributed by atoms with Gasteiger partial charge >= 0.3 is 0 Å². The highest BCUT2D eigenvalue weighted by Crippen LogP contribution is 2.50. The van der Waals surface area contributed by atoms with E-state index >= 15 is 0 Å². The molecular weight excluding hydrogens is 777 g/mol. The Bertz CT molecular complexity index is 3110. The van der Waals surface area contributed by atoms with E-state index in [0.717, 1.165) is 67.6 Å². The molecule has 0 fully saturated rings. The van der Waals surface area contributed by atoms with E-state index in [1.54, 1.807) is 0 Å². The van der Waals surface area contributed by atoms with Crippen molar-refractivity contribution in [2.75, 3.05) is 9.80 Å². The van der Waals surface area contributed by atoms with Crippen LogP contribution in [0.1, 0.15) is 107 Å². The van der Waals surface area contributed by atoms with Crippen LogP contribution < -0.4 is 30.9 Å². The molecule has 8 aromatic rings. The molecule has 0 unspecified atom stereocenters. The third kappa shape index (κ3) is 6.73. The van der Waals surface area contributed by atoms with Crippen molar-refractivity contribution in [1.82, 2.24) is 4.57 Å². The summed E-state index contributed by atoms with van der Waals surface area (Å²) in [5.74, 6) is 1.58. The summed E-state index contributed by atoms with van der Waals surface area (Å²) in [6.45, 7) is 27.2. The fraction of sp³-hybridized carbons (Fsp3) is 0.288. The first-order chi connectivity index (χ1) is 30.6. The van der Waals surface area contributed by atoms with Crippen LogP contribution >= 0.6 is 0 Å². The predicted octanol–water partition coefficient (Wildman–Crippen LogP) is 14.4. The maximum absolute atomic E-state index is 9.29. The quantitative estimate of drug-likeness (QED) is 0.165. The topological polar surface area (TPSA) is 20.6 Å². The lowest BCUT2D eigenvalue weighted by atomic mass is 9.34. The number of aromatic nitrogens is 1.